The Morgan fingerprint density at radius 2 is 2.05 bits per heavy atom. The van der Waals surface area contributed by atoms with Crippen LogP contribution in [-0.4, -0.2) is 44.4 Å². The van der Waals surface area contributed by atoms with Crippen molar-refractivity contribution in [1.82, 2.24) is 4.90 Å². The van der Waals surface area contributed by atoms with E-state index < -0.39 is 0 Å². The Balaban J connectivity index is 1.67. The van der Waals surface area contributed by atoms with Crippen LogP contribution in [0.5, 0.6) is 0 Å². The van der Waals surface area contributed by atoms with Crippen molar-refractivity contribution in [3.05, 3.63) is 24.0 Å². The summed E-state index contributed by atoms with van der Waals surface area (Å²) in [6.45, 7) is 12.4. The summed E-state index contributed by atoms with van der Waals surface area (Å²) < 4.78 is 11.2. The second-order valence-electron chi connectivity index (χ2n) is 6.48. The summed E-state index contributed by atoms with van der Waals surface area (Å²) in [5.74, 6) is 1.66. The van der Waals surface area contributed by atoms with E-state index in [1.165, 1.54) is 0 Å². The topological polar surface area (TPSA) is 21.7 Å². The molecule has 0 amide bonds. The first-order chi connectivity index (χ1) is 9.05. The smallest absolute Gasteiger partial charge is 0.115 e. The van der Waals surface area contributed by atoms with Crippen LogP contribution in [0.2, 0.25) is 0 Å². The van der Waals surface area contributed by atoms with E-state index in [-0.39, 0.29) is 0 Å². The van der Waals surface area contributed by atoms with Crippen molar-refractivity contribution >= 4 is 0 Å². The van der Waals surface area contributed by atoms with Gasteiger partial charge in [-0.25, -0.2) is 0 Å². The molecule has 1 atom stereocenters. The van der Waals surface area contributed by atoms with Crippen LogP contribution in [0.25, 0.3) is 0 Å². The fourth-order valence-electron chi connectivity index (χ4n) is 2.47. The van der Waals surface area contributed by atoms with Gasteiger partial charge in [-0.1, -0.05) is 26.8 Å². The van der Waals surface area contributed by atoms with Crippen molar-refractivity contribution in [3.63, 3.8) is 0 Å². The van der Waals surface area contributed by atoms with Crippen LogP contribution in [0.4, 0.5) is 0 Å². The van der Waals surface area contributed by atoms with Gasteiger partial charge in [0.05, 0.1) is 13.2 Å². The molecule has 3 nitrogen and oxygen atoms in total. The largest absolute Gasteiger partial charge is 0.493 e. The fraction of sp³-hybridized carbons (Fsp3) is 0.750. The van der Waals surface area contributed by atoms with Gasteiger partial charge in [-0.05, 0) is 29.9 Å². The lowest BCUT2D eigenvalue weighted by molar-refractivity contribution is 0.0280. The SMILES string of the molecule is CC(C)(C)C1C=CC(OCCN2CCOCC2)=CC1. The van der Waals surface area contributed by atoms with E-state index in [9.17, 15) is 0 Å². The van der Waals surface area contributed by atoms with Gasteiger partial charge >= 0.3 is 0 Å². The molecule has 0 radical (unpaired) electrons. The summed E-state index contributed by atoms with van der Waals surface area (Å²) in [6.07, 6.45) is 7.75. The normalized spacial score (nSPS) is 25.2. The first-order valence-electron chi connectivity index (χ1n) is 7.37. The lowest BCUT2D eigenvalue weighted by Gasteiger charge is -2.30. The van der Waals surface area contributed by atoms with Crippen LogP contribution in [0.15, 0.2) is 24.0 Å². The highest BCUT2D eigenvalue weighted by Crippen LogP contribution is 2.33. The molecule has 0 N–H and O–H groups in total. The molecule has 1 heterocycles. The molecular weight excluding hydrogens is 238 g/mol. The fourth-order valence-corrected chi connectivity index (χ4v) is 2.47. The number of ether oxygens (including phenoxy) is 2. The van der Waals surface area contributed by atoms with E-state index in [2.05, 4.69) is 43.9 Å². The molecule has 2 aliphatic rings. The monoisotopic (exact) mass is 265 g/mol. The number of hydrogen-bond donors (Lipinski definition) is 0. The number of allylic oxidation sites excluding steroid dienone is 3. The van der Waals surface area contributed by atoms with Gasteiger partial charge in [0.15, 0.2) is 0 Å². The molecule has 3 heteroatoms. The second kappa shape index (κ2) is 6.58. The van der Waals surface area contributed by atoms with Gasteiger partial charge in [-0.3, -0.25) is 4.90 Å². The van der Waals surface area contributed by atoms with Crippen molar-refractivity contribution in [2.45, 2.75) is 27.2 Å². The predicted molar refractivity (Wildman–Crippen MR) is 78.0 cm³/mol. The Hall–Kier alpha value is -0.800. The van der Waals surface area contributed by atoms with Gasteiger partial charge in [0, 0.05) is 19.6 Å². The third kappa shape index (κ3) is 4.66. The summed E-state index contributed by atoms with van der Waals surface area (Å²) >= 11 is 0. The van der Waals surface area contributed by atoms with Gasteiger partial charge in [-0.2, -0.15) is 0 Å². The van der Waals surface area contributed by atoms with Crippen LogP contribution in [0, 0.1) is 11.3 Å². The molecule has 2 rings (SSSR count). The van der Waals surface area contributed by atoms with Crippen LogP contribution in [0.3, 0.4) is 0 Å². The van der Waals surface area contributed by atoms with E-state index >= 15 is 0 Å². The van der Waals surface area contributed by atoms with Gasteiger partial charge in [-0.15, -0.1) is 0 Å². The maximum atomic E-state index is 5.84. The molecule has 1 aliphatic carbocycles. The van der Waals surface area contributed by atoms with Crippen LogP contribution in [0.1, 0.15) is 27.2 Å². The quantitative estimate of drug-likeness (QED) is 0.780. The van der Waals surface area contributed by atoms with Crippen molar-refractivity contribution < 1.29 is 9.47 Å². The average Bonchev–Trinajstić information content (AvgIpc) is 2.39. The molecule has 1 unspecified atom stereocenters. The Bertz CT molecular complexity index is 335. The van der Waals surface area contributed by atoms with Crippen LogP contribution >= 0.6 is 0 Å². The third-order valence-electron chi connectivity index (χ3n) is 3.96. The molecule has 1 fully saturated rings. The molecule has 19 heavy (non-hydrogen) atoms. The maximum Gasteiger partial charge on any atom is 0.115 e. The molecule has 0 aromatic rings. The summed E-state index contributed by atoms with van der Waals surface area (Å²) in [6, 6.07) is 0. The number of rotatable bonds is 4. The van der Waals surface area contributed by atoms with Crippen LogP contribution < -0.4 is 0 Å². The molecule has 0 bridgehead atoms. The Morgan fingerprint density at radius 3 is 2.63 bits per heavy atom. The van der Waals surface area contributed by atoms with Gasteiger partial charge in [0.25, 0.3) is 0 Å². The van der Waals surface area contributed by atoms with Crippen molar-refractivity contribution in [1.29, 1.82) is 0 Å². The third-order valence-corrected chi connectivity index (χ3v) is 3.96. The van der Waals surface area contributed by atoms with Crippen molar-refractivity contribution in [2.75, 3.05) is 39.5 Å². The standard InChI is InChI=1S/C16H27NO2/c1-16(2,3)14-4-6-15(7-5-14)19-13-10-17-8-11-18-12-9-17/h4,6-7,14H,5,8-13H2,1-3H3. The number of nitrogens with zero attached hydrogens (tertiary/aromatic N) is 1. The first-order valence-corrected chi connectivity index (χ1v) is 7.37. The summed E-state index contributed by atoms with van der Waals surface area (Å²) in [7, 11) is 0. The highest BCUT2D eigenvalue weighted by atomic mass is 16.5. The van der Waals surface area contributed by atoms with Crippen molar-refractivity contribution in [2.24, 2.45) is 11.3 Å². The molecule has 1 aliphatic heterocycles. The lowest BCUT2D eigenvalue weighted by atomic mass is 9.77. The summed E-state index contributed by atoms with van der Waals surface area (Å²) in [4.78, 5) is 2.40. The van der Waals surface area contributed by atoms with E-state index in [1.54, 1.807) is 0 Å². The minimum atomic E-state index is 0.340. The van der Waals surface area contributed by atoms with Crippen LogP contribution in [-0.2, 0) is 9.47 Å². The predicted octanol–water partition coefficient (Wildman–Crippen LogP) is 2.84. The molecule has 0 aromatic carbocycles. The van der Waals surface area contributed by atoms with Crippen molar-refractivity contribution in [3.8, 4) is 0 Å². The molecule has 108 valence electrons. The van der Waals surface area contributed by atoms with Gasteiger partial charge < -0.3 is 9.47 Å². The minimum Gasteiger partial charge on any atom is -0.493 e. The Labute approximate surface area is 117 Å². The van der Waals surface area contributed by atoms with E-state index in [0.717, 1.165) is 51.6 Å². The zero-order valence-electron chi connectivity index (χ0n) is 12.5. The molecular formula is C16H27NO2. The molecule has 1 saturated heterocycles. The molecule has 0 saturated carbocycles. The highest BCUT2D eigenvalue weighted by molar-refractivity contribution is 5.19. The van der Waals surface area contributed by atoms with Gasteiger partial charge in [0.1, 0.15) is 12.4 Å². The zero-order valence-corrected chi connectivity index (χ0v) is 12.5. The minimum absolute atomic E-state index is 0.340. The average molecular weight is 265 g/mol. The van der Waals surface area contributed by atoms with E-state index in [4.69, 9.17) is 9.47 Å². The summed E-state index contributed by atoms with van der Waals surface area (Å²) in [5.41, 5.74) is 0.340. The Morgan fingerprint density at radius 1 is 1.32 bits per heavy atom. The second-order valence-corrected chi connectivity index (χ2v) is 6.48. The Kier molecular flexibility index (Phi) is 5.06. The zero-order chi connectivity index (χ0) is 13.7. The number of hydrogen-bond acceptors (Lipinski definition) is 3. The van der Waals surface area contributed by atoms with E-state index in [0.29, 0.717) is 11.3 Å². The maximum absolute atomic E-state index is 5.84. The molecule has 0 spiro atoms. The van der Waals surface area contributed by atoms with Gasteiger partial charge in [0.2, 0.25) is 0 Å². The summed E-state index contributed by atoms with van der Waals surface area (Å²) in [5, 5.41) is 0. The first kappa shape index (κ1) is 14.6. The lowest BCUT2D eigenvalue weighted by Crippen LogP contribution is -2.38. The number of morpholine rings is 1. The molecule has 0 aromatic heterocycles. The highest BCUT2D eigenvalue weighted by Gasteiger charge is 2.23. The van der Waals surface area contributed by atoms with E-state index in [1.807, 2.05) is 0 Å².